The van der Waals surface area contributed by atoms with Crippen molar-refractivity contribution < 1.29 is 59.1 Å². The third-order valence-electron chi connectivity index (χ3n) is 8.21. The van der Waals surface area contributed by atoms with E-state index in [4.69, 9.17) is 5.73 Å². The van der Waals surface area contributed by atoms with Crippen molar-refractivity contribution in [2.45, 2.75) is 135 Å². The molecule has 0 unspecified atom stereocenters. The van der Waals surface area contributed by atoms with E-state index in [2.05, 4.69) is 26.6 Å². The number of aliphatic hydroxyl groups is 4. The molecule has 10 atom stereocenters. The van der Waals surface area contributed by atoms with Crippen molar-refractivity contribution in [3.05, 3.63) is 0 Å². The maximum atomic E-state index is 13.2. The van der Waals surface area contributed by atoms with Crippen molar-refractivity contribution in [2.24, 2.45) is 17.6 Å². The van der Waals surface area contributed by atoms with Crippen LogP contribution in [-0.4, -0.2) is 146 Å². The summed E-state index contributed by atoms with van der Waals surface area (Å²) in [5.74, 6) is -7.00. The SMILES string of the molecule is CC(C)C[C@H](NC(=O)[C@@H](NC(=O)[C@H](CO)NC(=O)[C@@H](NC(=O)[C@@H]1CCCN1C(=O)[C@@H](N)CC(C)C)[C@@H](C)O)[C@@H](C)O)C(=O)N[C@H](C(=O)O)[C@@H](C)O. The highest BCUT2D eigenvalue weighted by atomic mass is 16.4. The first kappa shape index (κ1) is 45.1. The molecule has 12 N–H and O–H groups in total. The van der Waals surface area contributed by atoms with Gasteiger partial charge in [-0.15, -0.1) is 0 Å². The number of carboxylic acid groups (broad SMARTS) is 1. The van der Waals surface area contributed by atoms with Gasteiger partial charge in [0.05, 0.1) is 31.0 Å². The molecule has 1 rings (SSSR count). The highest BCUT2D eigenvalue weighted by Gasteiger charge is 2.40. The van der Waals surface area contributed by atoms with E-state index in [0.717, 1.165) is 13.8 Å². The third kappa shape index (κ3) is 14.0. The number of carbonyl (C=O) groups is 7. The molecule has 19 nitrogen and oxygen atoms in total. The topological polar surface area (TPSA) is 310 Å². The van der Waals surface area contributed by atoms with Crippen molar-refractivity contribution in [1.82, 2.24) is 31.5 Å². The molecular weight excluding hydrogens is 674 g/mol. The first-order chi connectivity index (χ1) is 23.6. The van der Waals surface area contributed by atoms with Gasteiger partial charge in [0.15, 0.2) is 6.04 Å². The van der Waals surface area contributed by atoms with Crippen LogP contribution in [0.5, 0.6) is 0 Å². The number of carboxylic acids is 1. The van der Waals surface area contributed by atoms with Gasteiger partial charge in [-0.05, 0) is 58.3 Å². The number of nitrogens with zero attached hydrogens (tertiary/aromatic N) is 1. The van der Waals surface area contributed by atoms with Gasteiger partial charge >= 0.3 is 5.97 Å². The molecule has 19 heteroatoms. The molecule has 51 heavy (non-hydrogen) atoms. The fraction of sp³-hybridized carbons (Fsp3) is 0.781. The molecule has 0 bridgehead atoms. The maximum Gasteiger partial charge on any atom is 0.328 e. The van der Waals surface area contributed by atoms with Crippen LogP contribution in [0.25, 0.3) is 0 Å². The lowest BCUT2D eigenvalue weighted by Crippen LogP contribution is -2.63. The lowest BCUT2D eigenvalue weighted by atomic mass is 10.0. The van der Waals surface area contributed by atoms with Crippen molar-refractivity contribution >= 4 is 41.4 Å². The van der Waals surface area contributed by atoms with Crippen LogP contribution in [0.3, 0.4) is 0 Å². The lowest BCUT2D eigenvalue weighted by Gasteiger charge is -2.30. The second-order valence-corrected chi connectivity index (χ2v) is 13.9. The standard InChI is InChI=1S/C32H57N7O12/c1-14(2)11-19(33)31(49)39-10-8-9-22(39)28(46)37-24(17(6)42)30(48)35-21(13-40)27(45)36-23(16(5)41)29(47)34-20(12-15(3)4)26(44)38-25(18(7)43)32(50)51/h14-25,40-43H,8-13,33H2,1-7H3,(H,34,47)(H,35,48)(H,36,45)(H,37,46)(H,38,44)(H,50,51)/t16-,17-,18-,19+,20+,21+,22+,23+,24+,25+/m1/s1. The first-order valence-electron chi connectivity index (χ1n) is 17.1. The molecule has 1 aliphatic heterocycles. The summed E-state index contributed by atoms with van der Waals surface area (Å²) in [5, 5.41) is 61.0. The Morgan fingerprint density at radius 3 is 1.57 bits per heavy atom. The predicted octanol–water partition coefficient (Wildman–Crippen LogP) is -3.96. The van der Waals surface area contributed by atoms with Gasteiger partial charge in [0.2, 0.25) is 35.4 Å². The van der Waals surface area contributed by atoms with Crippen LogP contribution in [0.15, 0.2) is 0 Å². The summed E-state index contributed by atoms with van der Waals surface area (Å²) < 4.78 is 0. The molecule has 1 fully saturated rings. The second kappa shape index (κ2) is 20.8. The Hall–Kier alpha value is -3.91. The van der Waals surface area contributed by atoms with Gasteiger partial charge in [0.25, 0.3) is 0 Å². The van der Waals surface area contributed by atoms with Crippen LogP contribution in [0.2, 0.25) is 0 Å². The smallest absolute Gasteiger partial charge is 0.328 e. The summed E-state index contributed by atoms with van der Waals surface area (Å²) in [4.78, 5) is 91.5. The minimum Gasteiger partial charge on any atom is -0.480 e. The molecule has 0 aromatic rings. The van der Waals surface area contributed by atoms with E-state index in [9.17, 15) is 59.1 Å². The van der Waals surface area contributed by atoms with Gasteiger partial charge in [-0.2, -0.15) is 0 Å². The highest BCUT2D eigenvalue weighted by Crippen LogP contribution is 2.20. The number of hydrogen-bond acceptors (Lipinski definition) is 12. The van der Waals surface area contributed by atoms with Crippen LogP contribution in [0.1, 0.15) is 74.1 Å². The summed E-state index contributed by atoms with van der Waals surface area (Å²) >= 11 is 0. The number of nitrogens with one attached hydrogen (secondary N) is 5. The van der Waals surface area contributed by atoms with Crippen LogP contribution < -0.4 is 32.3 Å². The largest absolute Gasteiger partial charge is 0.480 e. The van der Waals surface area contributed by atoms with Gasteiger partial charge in [0.1, 0.15) is 30.2 Å². The molecular formula is C32H57N7O12. The van der Waals surface area contributed by atoms with Gasteiger partial charge in [-0.3, -0.25) is 28.8 Å². The molecule has 0 aromatic heterocycles. The van der Waals surface area contributed by atoms with E-state index in [-0.39, 0.29) is 31.2 Å². The average Bonchev–Trinajstić information content (AvgIpc) is 3.51. The Bertz CT molecular complexity index is 1230. The number of likely N-dealkylation sites (tertiary alicyclic amines) is 1. The molecule has 1 saturated heterocycles. The number of rotatable bonds is 20. The summed E-state index contributed by atoms with van der Waals surface area (Å²) in [6, 6.07) is -9.95. The normalized spacial score (nSPS) is 19.8. The number of aliphatic hydroxyl groups excluding tert-OH is 4. The van der Waals surface area contributed by atoms with Gasteiger partial charge in [-0.25, -0.2) is 4.79 Å². The van der Waals surface area contributed by atoms with Crippen LogP contribution in [0.4, 0.5) is 0 Å². The van der Waals surface area contributed by atoms with Crippen molar-refractivity contribution in [1.29, 1.82) is 0 Å². The molecule has 0 spiro atoms. The van der Waals surface area contributed by atoms with E-state index in [1.165, 1.54) is 11.8 Å². The monoisotopic (exact) mass is 731 g/mol. The zero-order valence-corrected chi connectivity index (χ0v) is 30.3. The lowest BCUT2D eigenvalue weighted by molar-refractivity contribution is -0.145. The quantitative estimate of drug-likeness (QED) is 0.0570. The first-order valence-corrected chi connectivity index (χ1v) is 17.1. The molecule has 0 aliphatic carbocycles. The van der Waals surface area contributed by atoms with E-state index >= 15 is 0 Å². The number of nitrogens with two attached hydrogens (primary N) is 1. The summed E-state index contributed by atoms with van der Waals surface area (Å²) in [7, 11) is 0. The highest BCUT2D eigenvalue weighted by molar-refractivity contribution is 5.97. The van der Waals surface area contributed by atoms with Gasteiger partial charge in [-0.1, -0.05) is 27.7 Å². The van der Waals surface area contributed by atoms with E-state index < -0.39 is 109 Å². The molecule has 1 heterocycles. The predicted molar refractivity (Wildman–Crippen MR) is 181 cm³/mol. The van der Waals surface area contributed by atoms with Gasteiger partial charge < -0.3 is 62.8 Å². The zero-order valence-electron chi connectivity index (χ0n) is 30.3. The van der Waals surface area contributed by atoms with Crippen LogP contribution in [0, 0.1) is 11.8 Å². The molecule has 6 amide bonds. The molecule has 292 valence electrons. The molecule has 0 saturated carbocycles. The minimum atomic E-state index is -1.75. The van der Waals surface area contributed by atoms with E-state index in [1.807, 2.05) is 13.8 Å². The Kier molecular flexibility index (Phi) is 18.4. The van der Waals surface area contributed by atoms with E-state index in [0.29, 0.717) is 12.8 Å². The van der Waals surface area contributed by atoms with Crippen LogP contribution in [-0.2, 0) is 33.6 Å². The van der Waals surface area contributed by atoms with E-state index in [1.54, 1.807) is 13.8 Å². The number of aliphatic carboxylic acids is 1. The summed E-state index contributed by atoms with van der Waals surface area (Å²) in [6.07, 6.45) is -3.36. The minimum absolute atomic E-state index is 0.00347. The second-order valence-electron chi connectivity index (χ2n) is 13.9. The van der Waals surface area contributed by atoms with Crippen molar-refractivity contribution in [2.75, 3.05) is 13.2 Å². The van der Waals surface area contributed by atoms with Gasteiger partial charge in [0, 0.05) is 6.54 Å². The fourth-order valence-electron chi connectivity index (χ4n) is 5.50. The Labute approximate surface area is 297 Å². The fourth-order valence-corrected chi connectivity index (χ4v) is 5.50. The average molecular weight is 732 g/mol. The summed E-state index contributed by atoms with van der Waals surface area (Å²) in [5.41, 5.74) is 6.05. The summed E-state index contributed by atoms with van der Waals surface area (Å²) in [6.45, 7) is 9.99. The van der Waals surface area contributed by atoms with Crippen molar-refractivity contribution in [3.63, 3.8) is 0 Å². The van der Waals surface area contributed by atoms with Crippen LogP contribution >= 0.6 is 0 Å². The Balaban J connectivity index is 3.06. The maximum absolute atomic E-state index is 13.2. The Morgan fingerprint density at radius 1 is 0.667 bits per heavy atom. The Morgan fingerprint density at radius 2 is 1.12 bits per heavy atom. The zero-order chi connectivity index (χ0) is 39.3. The molecule has 0 aromatic carbocycles. The molecule has 1 aliphatic rings. The molecule has 0 radical (unpaired) electrons. The third-order valence-corrected chi connectivity index (χ3v) is 8.21. The number of amides is 6. The number of hydrogen-bond donors (Lipinski definition) is 11. The number of carbonyl (C=O) groups excluding carboxylic acids is 6. The van der Waals surface area contributed by atoms with Crippen molar-refractivity contribution in [3.8, 4) is 0 Å².